The molecule has 6 heteroatoms. The van der Waals surface area contributed by atoms with E-state index in [0.717, 1.165) is 13.0 Å². The molecule has 2 aliphatic rings. The molecule has 0 spiro atoms. The second kappa shape index (κ2) is 2.97. The number of nitrogens with one attached hydrogen (secondary N) is 1. The van der Waals surface area contributed by atoms with E-state index in [-0.39, 0.29) is 5.92 Å². The molecule has 72 valence electrons. The van der Waals surface area contributed by atoms with Crippen LogP contribution in [0.15, 0.2) is 9.98 Å². The first-order chi connectivity index (χ1) is 6.21. The van der Waals surface area contributed by atoms with Crippen molar-refractivity contribution in [2.24, 2.45) is 27.4 Å². The molecule has 1 saturated heterocycles. The average molecular weight is 183 g/mol. The first-order valence-corrected chi connectivity index (χ1v) is 4.23. The highest BCUT2D eigenvalue weighted by Crippen LogP contribution is 2.26. The molecule has 1 fully saturated rings. The summed E-state index contributed by atoms with van der Waals surface area (Å²) in [5.74, 6) is -0.486. The Morgan fingerprint density at radius 1 is 1.69 bits per heavy atom. The first-order valence-electron chi connectivity index (χ1n) is 4.23. The van der Waals surface area contributed by atoms with E-state index in [2.05, 4.69) is 15.3 Å². The zero-order valence-electron chi connectivity index (χ0n) is 7.23. The molecule has 13 heavy (non-hydrogen) atoms. The fourth-order valence-electron chi connectivity index (χ4n) is 1.52. The quantitative estimate of drug-likeness (QED) is 0.464. The lowest BCUT2D eigenvalue weighted by atomic mass is 10.0. The molecule has 0 aromatic rings. The van der Waals surface area contributed by atoms with Crippen molar-refractivity contribution >= 4 is 12.3 Å². The summed E-state index contributed by atoms with van der Waals surface area (Å²) in [5, 5.41) is 2.68. The lowest BCUT2D eigenvalue weighted by molar-refractivity contribution is 0.165. The summed E-state index contributed by atoms with van der Waals surface area (Å²) >= 11 is 0. The first kappa shape index (κ1) is 8.46. The summed E-state index contributed by atoms with van der Waals surface area (Å²) in [7, 11) is 0. The van der Waals surface area contributed by atoms with Gasteiger partial charge in [0.25, 0.3) is 0 Å². The van der Waals surface area contributed by atoms with Crippen LogP contribution in [0.1, 0.15) is 6.42 Å². The Labute approximate surface area is 76.1 Å². The van der Waals surface area contributed by atoms with E-state index < -0.39 is 5.79 Å². The Kier molecular flexibility index (Phi) is 1.93. The summed E-state index contributed by atoms with van der Waals surface area (Å²) in [6, 6.07) is 0. The topological polar surface area (TPSA) is 98.0 Å². The van der Waals surface area contributed by atoms with Crippen LogP contribution in [0.4, 0.5) is 0 Å². The Morgan fingerprint density at radius 3 is 3.15 bits per heavy atom. The van der Waals surface area contributed by atoms with Crippen LogP contribution in [-0.4, -0.2) is 31.3 Å². The van der Waals surface area contributed by atoms with Crippen LogP contribution >= 0.6 is 0 Å². The van der Waals surface area contributed by atoms with Gasteiger partial charge < -0.3 is 15.8 Å². The van der Waals surface area contributed by atoms with E-state index in [1.165, 1.54) is 6.34 Å². The molecule has 5 N–H and O–H groups in total. The van der Waals surface area contributed by atoms with Crippen molar-refractivity contribution in [3.05, 3.63) is 0 Å². The monoisotopic (exact) mass is 183 g/mol. The van der Waals surface area contributed by atoms with Gasteiger partial charge in [-0.15, -0.1) is 0 Å². The zero-order valence-corrected chi connectivity index (χ0v) is 7.23. The minimum absolute atomic E-state index is 0.129. The molecule has 6 nitrogen and oxygen atoms in total. The lowest BCUT2D eigenvalue weighted by Gasteiger charge is -2.28. The van der Waals surface area contributed by atoms with Gasteiger partial charge >= 0.3 is 0 Å². The third kappa shape index (κ3) is 1.50. The minimum atomic E-state index is -0.925. The number of ether oxygens (including phenoxy) is 1. The number of guanidine groups is 1. The smallest absolute Gasteiger partial charge is 0.212 e. The van der Waals surface area contributed by atoms with Gasteiger partial charge in [0.15, 0.2) is 5.96 Å². The van der Waals surface area contributed by atoms with Gasteiger partial charge in [0, 0.05) is 12.5 Å². The van der Waals surface area contributed by atoms with Gasteiger partial charge in [0.1, 0.15) is 0 Å². The SMILES string of the molecule is NC1=NC(N)(C2CCOC2)N=CN1. The summed E-state index contributed by atoms with van der Waals surface area (Å²) in [4.78, 5) is 8.17. The van der Waals surface area contributed by atoms with E-state index in [1.54, 1.807) is 0 Å². The molecule has 0 aliphatic carbocycles. The third-order valence-electron chi connectivity index (χ3n) is 2.31. The third-order valence-corrected chi connectivity index (χ3v) is 2.31. The highest BCUT2D eigenvalue weighted by atomic mass is 16.5. The second-order valence-electron chi connectivity index (χ2n) is 3.24. The molecule has 0 aromatic heterocycles. The molecule has 2 atom stereocenters. The van der Waals surface area contributed by atoms with Crippen LogP contribution < -0.4 is 16.8 Å². The van der Waals surface area contributed by atoms with Gasteiger partial charge in [-0.2, -0.15) is 0 Å². The van der Waals surface area contributed by atoms with E-state index in [0.29, 0.717) is 12.6 Å². The van der Waals surface area contributed by atoms with Crippen molar-refractivity contribution in [3.63, 3.8) is 0 Å². The van der Waals surface area contributed by atoms with Crippen molar-refractivity contribution in [1.29, 1.82) is 0 Å². The average Bonchev–Trinajstić information content (AvgIpc) is 2.55. The van der Waals surface area contributed by atoms with Crippen molar-refractivity contribution in [2.45, 2.75) is 12.2 Å². The molecular weight excluding hydrogens is 170 g/mol. The van der Waals surface area contributed by atoms with Gasteiger partial charge in [-0.25, -0.2) is 9.98 Å². The molecule has 2 aliphatic heterocycles. The van der Waals surface area contributed by atoms with Crippen LogP contribution in [0, 0.1) is 5.92 Å². The zero-order chi connectivity index (χ0) is 9.31. The summed E-state index contributed by atoms with van der Waals surface area (Å²) in [5.41, 5.74) is 11.5. The number of nitrogens with two attached hydrogens (primary N) is 2. The van der Waals surface area contributed by atoms with Crippen molar-refractivity contribution in [3.8, 4) is 0 Å². The highest BCUT2D eigenvalue weighted by Gasteiger charge is 2.38. The summed E-state index contributed by atoms with van der Waals surface area (Å²) < 4.78 is 5.23. The molecule has 0 radical (unpaired) electrons. The molecule has 0 aromatic carbocycles. The maximum atomic E-state index is 5.97. The fourth-order valence-corrected chi connectivity index (χ4v) is 1.52. The van der Waals surface area contributed by atoms with Crippen LogP contribution in [0.5, 0.6) is 0 Å². The molecule has 0 amide bonds. The molecule has 0 saturated carbocycles. The lowest BCUT2D eigenvalue weighted by Crippen LogP contribution is -2.51. The molecular formula is C7H13N5O. The molecule has 2 rings (SSSR count). The Hall–Kier alpha value is -1.14. The van der Waals surface area contributed by atoms with Crippen molar-refractivity contribution < 1.29 is 4.74 Å². The predicted octanol–water partition coefficient (Wildman–Crippen LogP) is -1.42. The van der Waals surface area contributed by atoms with Gasteiger partial charge in [0.2, 0.25) is 5.79 Å². The predicted molar refractivity (Wildman–Crippen MR) is 49.1 cm³/mol. The maximum Gasteiger partial charge on any atom is 0.212 e. The summed E-state index contributed by atoms with van der Waals surface area (Å²) in [6.07, 6.45) is 2.37. The Balaban J connectivity index is 2.18. The Morgan fingerprint density at radius 2 is 2.54 bits per heavy atom. The van der Waals surface area contributed by atoms with Gasteiger partial charge in [-0.05, 0) is 6.42 Å². The summed E-state index contributed by atoms with van der Waals surface area (Å²) in [6.45, 7) is 1.33. The number of nitrogens with zero attached hydrogens (tertiary/aromatic N) is 2. The van der Waals surface area contributed by atoms with E-state index in [4.69, 9.17) is 16.2 Å². The van der Waals surface area contributed by atoms with Crippen LogP contribution in [0.2, 0.25) is 0 Å². The van der Waals surface area contributed by atoms with Gasteiger partial charge in [-0.1, -0.05) is 0 Å². The second-order valence-corrected chi connectivity index (χ2v) is 3.24. The number of hydrogen-bond acceptors (Lipinski definition) is 6. The van der Waals surface area contributed by atoms with Gasteiger partial charge in [0.05, 0.1) is 12.9 Å². The largest absolute Gasteiger partial charge is 0.381 e. The Bertz CT molecular complexity index is 258. The van der Waals surface area contributed by atoms with Gasteiger partial charge in [-0.3, -0.25) is 5.73 Å². The van der Waals surface area contributed by atoms with E-state index >= 15 is 0 Å². The minimum Gasteiger partial charge on any atom is -0.381 e. The van der Waals surface area contributed by atoms with Crippen molar-refractivity contribution in [1.82, 2.24) is 5.32 Å². The number of aliphatic imine (C=N–C) groups is 2. The maximum absolute atomic E-state index is 5.97. The highest BCUT2D eigenvalue weighted by molar-refractivity contribution is 5.90. The standard InChI is InChI=1S/C7H13N5O/c8-6-10-4-11-7(9,12-6)5-1-2-13-3-5/h4-5H,1-3,9H2,(H3,8,10,11,12). The van der Waals surface area contributed by atoms with Crippen LogP contribution in [-0.2, 0) is 4.74 Å². The number of hydrogen-bond donors (Lipinski definition) is 3. The number of rotatable bonds is 1. The molecule has 0 bridgehead atoms. The normalized spacial score (nSPS) is 38.5. The van der Waals surface area contributed by atoms with Crippen LogP contribution in [0.25, 0.3) is 0 Å². The fraction of sp³-hybridized carbons (Fsp3) is 0.714. The van der Waals surface area contributed by atoms with Crippen molar-refractivity contribution in [2.75, 3.05) is 13.2 Å². The molecule has 2 unspecified atom stereocenters. The molecule has 2 heterocycles. The van der Waals surface area contributed by atoms with E-state index in [1.807, 2.05) is 0 Å². The van der Waals surface area contributed by atoms with Crippen LogP contribution in [0.3, 0.4) is 0 Å². The van der Waals surface area contributed by atoms with E-state index in [9.17, 15) is 0 Å².